The van der Waals surface area contributed by atoms with Gasteiger partial charge in [0.15, 0.2) is 5.03 Å². The maximum atomic E-state index is 12.2. The van der Waals surface area contributed by atoms with E-state index in [2.05, 4.69) is 14.7 Å². The number of benzene rings is 1. The van der Waals surface area contributed by atoms with Crippen LogP contribution in [0.3, 0.4) is 0 Å². The zero-order valence-corrected chi connectivity index (χ0v) is 12.9. The van der Waals surface area contributed by atoms with Crippen molar-refractivity contribution in [3.05, 3.63) is 41.3 Å². The number of rotatable bonds is 4. The van der Waals surface area contributed by atoms with E-state index in [0.717, 1.165) is 0 Å². The molecule has 0 saturated carbocycles. The van der Waals surface area contributed by atoms with Gasteiger partial charge in [0, 0.05) is 19.1 Å². The highest BCUT2D eigenvalue weighted by atomic mass is 35.5. The van der Waals surface area contributed by atoms with E-state index in [4.69, 9.17) is 11.6 Å². The molecule has 0 bridgehead atoms. The minimum Gasteiger partial charge on any atom is -0.345 e. The van der Waals surface area contributed by atoms with Crippen LogP contribution < -0.4 is 4.72 Å². The van der Waals surface area contributed by atoms with Crippen LogP contribution in [0.15, 0.2) is 35.7 Å². The van der Waals surface area contributed by atoms with Gasteiger partial charge in [-0.25, -0.2) is 4.98 Å². The van der Waals surface area contributed by atoms with Gasteiger partial charge in [-0.2, -0.15) is 8.42 Å². The second-order valence-corrected chi connectivity index (χ2v) is 6.50. The van der Waals surface area contributed by atoms with E-state index >= 15 is 0 Å². The molecule has 0 radical (unpaired) electrons. The third-order valence-corrected chi connectivity index (χ3v) is 4.15. The van der Waals surface area contributed by atoms with E-state index in [1.165, 1.54) is 35.6 Å². The van der Waals surface area contributed by atoms with Gasteiger partial charge >= 0.3 is 0 Å². The van der Waals surface area contributed by atoms with E-state index in [1.54, 1.807) is 14.1 Å². The lowest BCUT2D eigenvalue weighted by Gasteiger charge is -2.15. The molecule has 0 spiro atoms. The third-order valence-electron chi connectivity index (χ3n) is 2.63. The van der Waals surface area contributed by atoms with Crippen LogP contribution in [0.1, 0.15) is 10.4 Å². The fourth-order valence-electron chi connectivity index (χ4n) is 1.62. The number of anilines is 1. The number of nitrogens with zero attached hydrogens (tertiary/aromatic N) is 2. The van der Waals surface area contributed by atoms with Crippen LogP contribution in [0.2, 0.25) is 5.02 Å². The summed E-state index contributed by atoms with van der Waals surface area (Å²) in [6, 6.07) is 4.37. The Labute approximate surface area is 127 Å². The Morgan fingerprint density at radius 1 is 1.38 bits per heavy atom. The Morgan fingerprint density at radius 3 is 2.67 bits per heavy atom. The molecule has 1 aromatic heterocycles. The van der Waals surface area contributed by atoms with E-state index in [-0.39, 0.29) is 22.2 Å². The van der Waals surface area contributed by atoms with Crippen molar-refractivity contribution in [1.29, 1.82) is 0 Å². The molecule has 1 heterocycles. The average Bonchev–Trinajstić information content (AvgIpc) is 2.92. The minimum absolute atomic E-state index is 0.106. The SMILES string of the molecule is CN(C)C(=O)c1ccc(Cl)cc1NS(=O)(=O)c1cnc[nH]1. The highest BCUT2D eigenvalue weighted by molar-refractivity contribution is 7.92. The molecule has 0 saturated heterocycles. The molecule has 0 unspecified atom stereocenters. The second kappa shape index (κ2) is 5.74. The molecule has 21 heavy (non-hydrogen) atoms. The van der Waals surface area contributed by atoms with Gasteiger partial charge in [-0.15, -0.1) is 0 Å². The van der Waals surface area contributed by atoms with E-state index in [9.17, 15) is 13.2 Å². The zero-order chi connectivity index (χ0) is 15.6. The number of aromatic amines is 1. The number of amides is 1. The van der Waals surface area contributed by atoms with Crippen LogP contribution in [-0.4, -0.2) is 43.3 Å². The molecule has 0 fully saturated rings. The number of imidazole rings is 1. The third kappa shape index (κ3) is 3.34. The number of hydrogen-bond acceptors (Lipinski definition) is 4. The zero-order valence-electron chi connectivity index (χ0n) is 11.3. The number of H-pyrrole nitrogens is 1. The lowest BCUT2D eigenvalue weighted by molar-refractivity contribution is 0.0828. The van der Waals surface area contributed by atoms with Crippen LogP contribution in [0.4, 0.5) is 5.69 Å². The summed E-state index contributed by atoms with van der Waals surface area (Å²) >= 11 is 5.87. The van der Waals surface area contributed by atoms with Crippen molar-refractivity contribution in [3.63, 3.8) is 0 Å². The summed E-state index contributed by atoms with van der Waals surface area (Å²) in [7, 11) is -0.719. The first-order chi connectivity index (χ1) is 9.81. The van der Waals surface area contributed by atoms with Crippen LogP contribution in [-0.2, 0) is 10.0 Å². The van der Waals surface area contributed by atoms with E-state index in [1.807, 2.05) is 0 Å². The summed E-state index contributed by atoms with van der Waals surface area (Å²) in [6.45, 7) is 0. The van der Waals surface area contributed by atoms with Gasteiger partial charge in [0.25, 0.3) is 15.9 Å². The fourth-order valence-corrected chi connectivity index (χ4v) is 2.77. The predicted molar refractivity (Wildman–Crippen MR) is 78.9 cm³/mol. The number of aromatic nitrogens is 2. The number of hydrogen-bond donors (Lipinski definition) is 2. The van der Waals surface area contributed by atoms with Crippen LogP contribution in [0, 0.1) is 0 Å². The molecule has 7 nitrogen and oxygen atoms in total. The second-order valence-electron chi connectivity index (χ2n) is 4.41. The molecule has 1 aromatic carbocycles. The summed E-state index contributed by atoms with van der Waals surface area (Å²) in [4.78, 5) is 19.6. The van der Waals surface area contributed by atoms with Crippen LogP contribution in [0.25, 0.3) is 0 Å². The predicted octanol–water partition coefficient (Wildman–Crippen LogP) is 1.57. The highest BCUT2D eigenvalue weighted by Crippen LogP contribution is 2.24. The van der Waals surface area contributed by atoms with Gasteiger partial charge in [-0.3, -0.25) is 9.52 Å². The maximum Gasteiger partial charge on any atom is 0.278 e. The molecule has 1 amide bonds. The first kappa shape index (κ1) is 15.3. The first-order valence-electron chi connectivity index (χ1n) is 5.83. The Hall–Kier alpha value is -2.06. The molecule has 112 valence electrons. The molecular weight excluding hydrogens is 316 g/mol. The van der Waals surface area contributed by atoms with E-state index < -0.39 is 10.0 Å². The van der Waals surface area contributed by atoms with Crippen LogP contribution >= 0.6 is 11.6 Å². The van der Waals surface area contributed by atoms with Gasteiger partial charge in [0.1, 0.15) is 0 Å². The minimum atomic E-state index is -3.87. The molecule has 2 rings (SSSR count). The monoisotopic (exact) mass is 328 g/mol. The van der Waals surface area contributed by atoms with Gasteiger partial charge in [0.2, 0.25) is 0 Å². The molecule has 2 N–H and O–H groups in total. The molecule has 0 aliphatic heterocycles. The lowest BCUT2D eigenvalue weighted by atomic mass is 10.1. The Bertz CT molecular complexity index is 757. The van der Waals surface area contributed by atoms with Crippen molar-refractivity contribution in [2.45, 2.75) is 5.03 Å². The summed E-state index contributed by atoms with van der Waals surface area (Å²) < 4.78 is 26.7. The van der Waals surface area contributed by atoms with Crippen molar-refractivity contribution in [2.24, 2.45) is 0 Å². The van der Waals surface area contributed by atoms with Crippen molar-refractivity contribution >= 4 is 33.2 Å². The molecule has 9 heteroatoms. The lowest BCUT2D eigenvalue weighted by Crippen LogP contribution is -2.24. The smallest absolute Gasteiger partial charge is 0.278 e. The quantitative estimate of drug-likeness (QED) is 0.890. The number of halogens is 1. The molecule has 2 aromatic rings. The molecule has 0 aliphatic rings. The summed E-state index contributed by atoms with van der Waals surface area (Å²) in [5.41, 5.74) is 0.309. The maximum absolute atomic E-state index is 12.2. The highest BCUT2D eigenvalue weighted by Gasteiger charge is 2.20. The van der Waals surface area contributed by atoms with Crippen LogP contribution in [0.5, 0.6) is 0 Å². The van der Waals surface area contributed by atoms with Gasteiger partial charge in [-0.05, 0) is 18.2 Å². The summed E-state index contributed by atoms with van der Waals surface area (Å²) in [6.07, 6.45) is 2.42. The number of nitrogens with one attached hydrogen (secondary N) is 2. The van der Waals surface area contributed by atoms with Crippen molar-refractivity contribution < 1.29 is 13.2 Å². The Balaban J connectivity index is 2.44. The average molecular weight is 329 g/mol. The summed E-state index contributed by atoms with van der Waals surface area (Å²) in [5.74, 6) is -0.339. The topological polar surface area (TPSA) is 95.2 Å². The van der Waals surface area contributed by atoms with Gasteiger partial charge < -0.3 is 9.88 Å². The normalized spacial score (nSPS) is 11.2. The standard InChI is InChI=1S/C12H13ClN4O3S/c1-17(2)12(18)9-4-3-8(13)5-10(9)16-21(19,20)11-6-14-7-15-11/h3-7,16H,1-2H3,(H,14,15). The van der Waals surface area contributed by atoms with Gasteiger partial charge in [0.05, 0.1) is 23.8 Å². The number of sulfonamides is 1. The fraction of sp³-hybridized carbons (Fsp3) is 0.167. The van der Waals surface area contributed by atoms with Crippen molar-refractivity contribution in [1.82, 2.24) is 14.9 Å². The van der Waals surface area contributed by atoms with Gasteiger partial charge in [-0.1, -0.05) is 11.6 Å². The Morgan fingerprint density at radius 2 is 2.10 bits per heavy atom. The molecule has 0 aliphatic carbocycles. The van der Waals surface area contributed by atoms with Crippen molar-refractivity contribution in [3.8, 4) is 0 Å². The first-order valence-corrected chi connectivity index (χ1v) is 7.70. The number of carbonyl (C=O) groups excluding carboxylic acids is 1. The largest absolute Gasteiger partial charge is 0.345 e. The summed E-state index contributed by atoms with van der Waals surface area (Å²) in [5, 5.41) is 0.207. The Kier molecular flexibility index (Phi) is 4.19. The van der Waals surface area contributed by atoms with E-state index in [0.29, 0.717) is 5.02 Å². The van der Waals surface area contributed by atoms with Crippen molar-refractivity contribution in [2.75, 3.05) is 18.8 Å². The number of carbonyl (C=O) groups is 1. The molecular formula is C12H13ClN4O3S. The molecule has 0 atom stereocenters.